The standard InChI is InChI=1S/C17H26N2O2/c1-13(20)16-5-4-10-19(12-16)11-14-6-8-15(9-7-14)17(21)18(2)3/h6-9,13,16,20H,4-5,10-12H2,1-3H3. The summed E-state index contributed by atoms with van der Waals surface area (Å²) < 4.78 is 0. The van der Waals surface area contributed by atoms with Gasteiger partial charge in [0.25, 0.3) is 5.91 Å². The molecule has 0 aromatic heterocycles. The van der Waals surface area contributed by atoms with Crippen molar-refractivity contribution in [2.75, 3.05) is 27.2 Å². The number of amides is 1. The molecule has 1 N–H and O–H groups in total. The van der Waals surface area contributed by atoms with E-state index in [0.29, 0.717) is 5.92 Å². The van der Waals surface area contributed by atoms with Crippen LogP contribution in [0.3, 0.4) is 0 Å². The lowest BCUT2D eigenvalue weighted by molar-refractivity contribution is 0.0599. The predicted octanol–water partition coefficient (Wildman–Crippen LogP) is 1.98. The van der Waals surface area contributed by atoms with Gasteiger partial charge < -0.3 is 10.0 Å². The molecule has 1 aliphatic heterocycles. The van der Waals surface area contributed by atoms with Crippen molar-refractivity contribution in [2.24, 2.45) is 5.92 Å². The summed E-state index contributed by atoms with van der Waals surface area (Å²) in [6.45, 7) is 4.81. The molecule has 2 unspecified atom stereocenters. The lowest BCUT2D eigenvalue weighted by Crippen LogP contribution is -2.39. The van der Waals surface area contributed by atoms with Crippen LogP contribution in [0.15, 0.2) is 24.3 Å². The maximum Gasteiger partial charge on any atom is 0.253 e. The van der Waals surface area contributed by atoms with E-state index in [1.54, 1.807) is 19.0 Å². The first-order valence-electron chi connectivity index (χ1n) is 7.68. The number of nitrogens with zero attached hydrogens (tertiary/aromatic N) is 2. The van der Waals surface area contributed by atoms with Crippen molar-refractivity contribution in [3.8, 4) is 0 Å². The average Bonchev–Trinajstić information content (AvgIpc) is 2.47. The summed E-state index contributed by atoms with van der Waals surface area (Å²) in [7, 11) is 3.53. The van der Waals surface area contributed by atoms with Gasteiger partial charge >= 0.3 is 0 Å². The van der Waals surface area contributed by atoms with Crippen LogP contribution in [-0.2, 0) is 6.54 Å². The van der Waals surface area contributed by atoms with Gasteiger partial charge in [0.05, 0.1) is 6.10 Å². The van der Waals surface area contributed by atoms with Gasteiger partial charge in [-0.3, -0.25) is 9.69 Å². The molecule has 0 bridgehead atoms. The van der Waals surface area contributed by atoms with Gasteiger partial charge in [-0.25, -0.2) is 0 Å². The summed E-state index contributed by atoms with van der Waals surface area (Å²) in [4.78, 5) is 15.8. The topological polar surface area (TPSA) is 43.8 Å². The molecule has 0 saturated carbocycles. The van der Waals surface area contributed by atoms with E-state index in [2.05, 4.69) is 4.90 Å². The molecule has 2 rings (SSSR count). The number of hydrogen-bond acceptors (Lipinski definition) is 3. The van der Waals surface area contributed by atoms with E-state index in [-0.39, 0.29) is 12.0 Å². The Balaban J connectivity index is 1.95. The van der Waals surface area contributed by atoms with Crippen LogP contribution in [0.4, 0.5) is 0 Å². The number of aliphatic hydroxyl groups excluding tert-OH is 1. The second kappa shape index (κ2) is 7.05. The summed E-state index contributed by atoms with van der Waals surface area (Å²) in [5.74, 6) is 0.419. The zero-order valence-corrected chi connectivity index (χ0v) is 13.2. The molecule has 0 radical (unpaired) electrons. The van der Waals surface area contributed by atoms with Crippen molar-refractivity contribution in [1.29, 1.82) is 0 Å². The molecule has 116 valence electrons. The molecule has 4 heteroatoms. The highest BCUT2D eigenvalue weighted by atomic mass is 16.3. The van der Waals surface area contributed by atoms with Crippen molar-refractivity contribution in [2.45, 2.75) is 32.4 Å². The molecule has 1 heterocycles. The molecule has 1 fully saturated rings. The fourth-order valence-electron chi connectivity index (χ4n) is 2.90. The SMILES string of the molecule is CC(O)C1CCCN(Cc2ccc(C(=O)N(C)C)cc2)C1. The van der Waals surface area contributed by atoms with E-state index in [9.17, 15) is 9.90 Å². The number of likely N-dealkylation sites (tertiary alicyclic amines) is 1. The molecular weight excluding hydrogens is 264 g/mol. The smallest absolute Gasteiger partial charge is 0.253 e. The van der Waals surface area contributed by atoms with Gasteiger partial charge in [-0.1, -0.05) is 12.1 Å². The van der Waals surface area contributed by atoms with Gasteiger partial charge in [0.2, 0.25) is 0 Å². The normalized spacial score (nSPS) is 21.0. The van der Waals surface area contributed by atoms with Gasteiger partial charge in [-0.05, 0) is 49.9 Å². The van der Waals surface area contributed by atoms with Crippen molar-refractivity contribution in [1.82, 2.24) is 9.80 Å². The second-order valence-corrected chi connectivity index (χ2v) is 6.27. The van der Waals surface area contributed by atoms with E-state index in [1.165, 1.54) is 5.56 Å². The Kier molecular flexibility index (Phi) is 5.37. The Morgan fingerprint density at radius 2 is 2.05 bits per heavy atom. The van der Waals surface area contributed by atoms with Crippen molar-refractivity contribution in [3.05, 3.63) is 35.4 Å². The first-order valence-corrected chi connectivity index (χ1v) is 7.68. The maximum atomic E-state index is 11.9. The third-order valence-electron chi connectivity index (χ3n) is 4.24. The summed E-state index contributed by atoms with van der Waals surface area (Å²) in [5, 5.41) is 9.74. The Hall–Kier alpha value is -1.39. The Morgan fingerprint density at radius 3 is 2.62 bits per heavy atom. The number of aliphatic hydroxyl groups is 1. The minimum atomic E-state index is -0.229. The van der Waals surface area contributed by atoms with Crippen LogP contribution in [0.2, 0.25) is 0 Å². The first-order chi connectivity index (χ1) is 9.97. The monoisotopic (exact) mass is 290 g/mol. The van der Waals surface area contributed by atoms with E-state index in [4.69, 9.17) is 0 Å². The molecule has 0 spiro atoms. The third kappa shape index (κ3) is 4.29. The summed E-state index contributed by atoms with van der Waals surface area (Å²) in [5.41, 5.74) is 1.95. The molecule has 21 heavy (non-hydrogen) atoms. The number of carbonyl (C=O) groups excluding carboxylic acids is 1. The summed E-state index contributed by atoms with van der Waals surface area (Å²) in [6, 6.07) is 7.85. The lowest BCUT2D eigenvalue weighted by Gasteiger charge is -2.34. The second-order valence-electron chi connectivity index (χ2n) is 6.27. The van der Waals surface area contributed by atoms with Crippen LogP contribution >= 0.6 is 0 Å². The highest BCUT2D eigenvalue weighted by Gasteiger charge is 2.23. The molecule has 2 atom stereocenters. The zero-order chi connectivity index (χ0) is 15.4. The van der Waals surface area contributed by atoms with Crippen molar-refractivity contribution < 1.29 is 9.90 Å². The molecular formula is C17H26N2O2. The Labute approximate surface area is 127 Å². The fraction of sp³-hybridized carbons (Fsp3) is 0.588. The molecule has 4 nitrogen and oxygen atoms in total. The summed E-state index contributed by atoms with van der Waals surface area (Å²) >= 11 is 0. The molecule has 1 saturated heterocycles. The van der Waals surface area contributed by atoms with Crippen LogP contribution in [0.1, 0.15) is 35.7 Å². The van der Waals surface area contributed by atoms with Crippen molar-refractivity contribution >= 4 is 5.91 Å². The quantitative estimate of drug-likeness (QED) is 0.922. The van der Waals surface area contributed by atoms with Gasteiger partial charge in [0.15, 0.2) is 0 Å². The van der Waals surface area contributed by atoms with E-state index in [0.717, 1.165) is 38.0 Å². The number of benzene rings is 1. The average molecular weight is 290 g/mol. The van der Waals surface area contributed by atoms with Crippen LogP contribution in [0, 0.1) is 5.92 Å². The Bertz CT molecular complexity index is 468. The van der Waals surface area contributed by atoms with Gasteiger partial charge in [0, 0.05) is 32.7 Å². The molecule has 0 aliphatic carbocycles. The van der Waals surface area contributed by atoms with Crippen LogP contribution in [-0.4, -0.2) is 54.1 Å². The molecule has 1 amide bonds. The van der Waals surface area contributed by atoms with E-state index < -0.39 is 0 Å². The van der Waals surface area contributed by atoms with E-state index >= 15 is 0 Å². The molecule has 1 aliphatic rings. The number of rotatable bonds is 4. The van der Waals surface area contributed by atoms with Gasteiger partial charge in [0.1, 0.15) is 0 Å². The predicted molar refractivity (Wildman–Crippen MR) is 84.1 cm³/mol. The summed E-state index contributed by atoms with van der Waals surface area (Å²) in [6.07, 6.45) is 2.03. The molecule has 1 aromatic rings. The zero-order valence-electron chi connectivity index (χ0n) is 13.2. The lowest BCUT2D eigenvalue weighted by atomic mass is 9.93. The largest absolute Gasteiger partial charge is 0.393 e. The van der Waals surface area contributed by atoms with Crippen LogP contribution in [0.25, 0.3) is 0 Å². The van der Waals surface area contributed by atoms with Gasteiger partial charge in [-0.15, -0.1) is 0 Å². The minimum Gasteiger partial charge on any atom is -0.393 e. The Morgan fingerprint density at radius 1 is 1.38 bits per heavy atom. The fourth-order valence-corrected chi connectivity index (χ4v) is 2.90. The van der Waals surface area contributed by atoms with Crippen LogP contribution in [0.5, 0.6) is 0 Å². The number of piperidine rings is 1. The highest BCUT2D eigenvalue weighted by Crippen LogP contribution is 2.21. The van der Waals surface area contributed by atoms with Crippen molar-refractivity contribution in [3.63, 3.8) is 0 Å². The van der Waals surface area contributed by atoms with Gasteiger partial charge in [-0.2, -0.15) is 0 Å². The minimum absolute atomic E-state index is 0.0358. The maximum absolute atomic E-state index is 11.9. The molecule has 1 aromatic carbocycles. The first kappa shape index (κ1) is 16.0. The number of hydrogen-bond donors (Lipinski definition) is 1. The number of carbonyl (C=O) groups is 1. The van der Waals surface area contributed by atoms with Crippen LogP contribution < -0.4 is 0 Å². The third-order valence-corrected chi connectivity index (χ3v) is 4.24. The highest BCUT2D eigenvalue weighted by molar-refractivity contribution is 5.93. The van der Waals surface area contributed by atoms with E-state index in [1.807, 2.05) is 31.2 Å².